The molecule has 0 aliphatic carbocycles. The first-order valence-electron chi connectivity index (χ1n) is 6.49. The SMILES string of the molecule is COc1ccc(Br)c(CC(NN)c2ccc(C)cc2)c1. The highest BCUT2D eigenvalue weighted by Crippen LogP contribution is 2.27. The van der Waals surface area contributed by atoms with Gasteiger partial charge in [0.1, 0.15) is 5.75 Å². The molecule has 0 aliphatic heterocycles. The largest absolute Gasteiger partial charge is 0.497 e. The lowest BCUT2D eigenvalue weighted by atomic mass is 9.98. The normalized spacial score (nSPS) is 12.2. The Morgan fingerprint density at radius 1 is 1.20 bits per heavy atom. The van der Waals surface area contributed by atoms with Gasteiger partial charge in [0.2, 0.25) is 0 Å². The van der Waals surface area contributed by atoms with E-state index in [0.717, 1.165) is 22.2 Å². The van der Waals surface area contributed by atoms with Gasteiger partial charge in [0.25, 0.3) is 0 Å². The first kappa shape index (κ1) is 15.0. The molecular formula is C16H19BrN2O. The lowest BCUT2D eigenvalue weighted by Crippen LogP contribution is -2.29. The molecular weight excluding hydrogens is 316 g/mol. The van der Waals surface area contributed by atoms with E-state index in [2.05, 4.69) is 52.5 Å². The van der Waals surface area contributed by atoms with Gasteiger partial charge in [-0.15, -0.1) is 0 Å². The monoisotopic (exact) mass is 334 g/mol. The van der Waals surface area contributed by atoms with Crippen molar-refractivity contribution >= 4 is 15.9 Å². The number of ether oxygens (including phenoxy) is 1. The minimum Gasteiger partial charge on any atom is -0.497 e. The van der Waals surface area contributed by atoms with Gasteiger partial charge in [-0.25, -0.2) is 0 Å². The van der Waals surface area contributed by atoms with Gasteiger partial charge in [-0.05, 0) is 42.7 Å². The summed E-state index contributed by atoms with van der Waals surface area (Å²) in [6.07, 6.45) is 0.789. The molecule has 2 aromatic carbocycles. The zero-order chi connectivity index (χ0) is 14.5. The van der Waals surface area contributed by atoms with E-state index in [1.807, 2.05) is 18.2 Å². The Morgan fingerprint density at radius 3 is 2.50 bits per heavy atom. The van der Waals surface area contributed by atoms with Gasteiger partial charge >= 0.3 is 0 Å². The van der Waals surface area contributed by atoms with Gasteiger partial charge in [-0.3, -0.25) is 11.3 Å². The van der Waals surface area contributed by atoms with Gasteiger partial charge in [0.05, 0.1) is 13.2 Å². The molecule has 3 N–H and O–H groups in total. The molecule has 2 aromatic rings. The van der Waals surface area contributed by atoms with Crippen molar-refractivity contribution < 1.29 is 4.74 Å². The fourth-order valence-electron chi connectivity index (χ4n) is 2.13. The van der Waals surface area contributed by atoms with Crippen molar-refractivity contribution in [3.8, 4) is 5.75 Å². The van der Waals surface area contributed by atoms with Crippen LogP contribution in [0.4, 0.5) is 0 Å². The summed E-state index contributed by atoms with van der Waals surface area (Å²) in [6, 6.07) is 14.4. The topological polar surface area (TPSA) is 47.3 Å². The van der Waals surface area contributed by atoms with E-state index in [0.29, 0.717) is 0 Å². The maximum absolute atomic E-state index is 5.71. The maximum Gasteiger partial charge on any atom is 0.119 e. The van der Waals surface area contributed by atoms with Crippen molar-refractivity contribution in [1.82, 2.24) is 5.43 Å². The fourth-order valence-corrected chi connectivity index (χ4v) is 2.53. The van der Waals surface area contributed by atoms with Crippen molar-refractivity contribution in [2.75, 3.05) is 7.11 Å². The molecule has 0 aliphatic rings. The van der Waals surface area contributed by atoms with Crippen molar-refractivity contribution in [3.63, 3.8) is 0 Å². The predicted molar refractivity (Wildman–Crippen MR) is 85.6 cm³/mol. The third-order valence-corrected chi connectivity index (χ3v) is 4.13. The molecule has 0 saturated carbocycles. The zero-order valence-electron chi connectivity index (χ0n) is 11.7. The molecule has 1 unspecified atom stereocenters. The lowest BCUT2D eigenvalue weighted by Gasteiger charge is -2.18. The summed E-state index contributed by atoms with van der Waals surface area (Å²) in [7, 11) is 1.67. The Hall–Kier alpha value is -1.36. The van der Waals surface area contributed by atoms with Gasteiger partial charge in [-0.2, -0.15) is 0 Å². The van der Waals surface area contributed by atoms with Crippen molar-refractivity contribution in [2.24, 2.45) is 5.84 Å². The number of hydrogen-bond acceptors (Lipinski definition) is 3. The van der Waals surface area contributed by atoms with E-state index in [1.54, 1.807) is 7.11 Å². The summed E-state index contributed by atoms with van der Waals surface area (Å²) in [4.78, 5) is 0. The van der Waals surface area contributed by atoms with Crippen molar-refractivity contribution in [1.29, 1.82) is 0 Å². The molecule has 0 amide bonds. The number of aryl methyl sites for hydroxylation is 1. The number of methoxy groups -OCH3 is 1. The van der Waals surface area contributed by atoms with Gasteiger partial charge in [-0.1, -0.05) is 45.8 Å². The second-order valence-electron chi connectivity index (χ2n) is 4.79. The van der Waals surface area contributed by atoms with Crippen LogP contribution in [0, 0.1) is 6.92 Å². The van der Waals surface area contributed by atoms with Crippen LogP contribution in [0.25, 0.3) is 0 Å². The van der Waals surface area contributed by atoms with E-state index in [9.17, 15) is 0 Å². The number of halogens is 1. The molecule has 1 atom stereocenters. The van der Waals surface area contributed by atoms with Crippen LogP contribution in [-0.2, 0) is 6.42 Å². The molecule has 0 spiro atoms. The van der Waals surface area contributed by atoms with Crippen LogP contribution in [-0.4, -0.2) is 7.11 Å². The molecule has 20 heavy (non-hydrogen) atoms. The average Bonchev–Trinajstić information content (AvgIpc) is 2.47. The number of rotatable bonds is 5. The fraction of sp³-hybridized carbons (Fsp3) is 0.250. The predicted octanol–water partition coefficient (Wildman–Crippen LogP) is 3.51. The lowest BCUT2D eigenvalue weighted by molar-refractivity contribution is 0.413. The summed E-state index contributed by atoms with van der Waals surface area (Å²) in [6.45, 7) is 2.08. The Morgan fingerprint density at radius 2 is 1.90 bits per heavy atom. The van der Waals surface area contributed by atoms with E-state index < -0.39 is 0 Å². The van der Waals surface area contributed by atoms with Crippen molar-refractivity contribution in [3.05, 3.63) is 63.6 Å². The molecule has 0 bridgehead atoms. The number of hydrazine groups is 1. The van der Waals surface area contributed by atoms with Crippen LogP contribution in [0.15, 0.2) is 46.9 Å². The minimum absolute atomic E-state index is 0.0685. The molecule has 0 aromatic heterocycles. The van der Waals surface area contributed by atoms with Crippen molar-refractivity contribution in [2.45, 2.75) is 19.4 Å². The van der Waals surface area contributed by atoms with Gasteiger partial charge in [0.15, 0.2) is 0 Å². The Kier molecular flexibility index (Phi) is 5.17. The van der Waals surface area contributed by atoms with Gasteiger partial charge in [0, 0.05) is 4.47 Å². The van der Waals surface area contributed by atoms with E-state index in [1.165, 1.54) is 11.1 Å². The molecule has 0 saturated heterocycles. The molecule has 0 radical (unpaired) electrons. The van der Waals surface area contributed by atoms with E-state index in [4.69, 9.17) is 10.6 Å². The first-order valence-corrected chi connectivity index (χ1v) is 7.28. The quantitative estimate of drug-likeness (QED) is 0.649. The smallest absolute Gasteiger partial charge is 0.119 e. The molecule has 4 heteroatoms. The Balaban J connectivity index is 2.23. The summed E-state index contributed by atoms with van der Waals surface area (Å²) in [5.74, 6) is 6.56. The van der Waals surface area contributed by atoms with Crippen LogP contribution in [0.3, 0.4) is 0 Å². The van der Waals surface area contributed by atoms with Crippen LogP contribution in [0.1, 0.15) is 22.7 Å². The third-order valence-electron chi connectivity index (χ3n) is 3.36. The number of nitrogens with two attached hydrogens (primary N) is 1. The molecule has 106 valence electrons. The third kappa shape index (κ3) is 3.60. The number of nitrogens with one attached hydrogen (secondary N) is 1. The summed E-state index contributed by atoms with van der Waals surface area (Å²) in [5.41, 5.74) is 6.47. The summed E-state index contributed by atoms with van der Waals surface area (Å²) < 4.78 is 6.33. The Bertz CT molecular complexity index is 569. The van der Waals surface area contributed by atoms with Gasteiger partial charge < -0.3 is 4.74 Å². The highest BCUT2D eigenvalue weighted by molar-refractivity contribution is 9.10. The first-order chi connectivity index (χ1) is 9.63. The molecule has 3 nitrogen and oxygen atoms in total. The highest BCUT2D eigenvalue weighted by Gasteiger charge is 2.13. The maximum atomic E-state index is 5.71. The van der Waals surface area contributed by atoms with Crippen LogP contribution < -0.4 is 16.0 Å². The molecule has 0 fully saturated rings. The summed E-state index contributed by atoms with van der Waals surface area (Å²) >= 11 is 3.58. The second kappa shape index (κ2) is 6.88. The molecule has 2 rings (SSSR count). The molecule has 0 heterocycles. The number of hydrogen-bond donors (Lipinski definition) is 2. The van der Waals surface area contributed by atoms with Crippen LogP contribution in [0.5, 0.6) is 5.75 Å². The number of benzene rings is 2. The van der Waals surface area contributed by atoms with E-state index in [-0.39, 0.29) is 6.04 Å². The Labute approximate surface area is 128 Å². The van der Waals surface area contributed by atoms with E-state index >= 15 is 0 Å². The van der Waals surface area contributed by atoms with Crippen LogP contribution in [0.2, 0.25) is 0 Å². The highest BCUT2D eigenvalue weighted by atomic mass is 79.9. The standard InChI is InChI=1S/C16H19BrN2O/c1-11-3-5-12(6-4-11)16(19-18)10-13-9-14(20-2)7-8-15(13)17/h3-9,16,19H,10,18H2,1-2H3. The second-order valence-corrected chi connectivity index (χ2v) is 5.65. The van der Waals surface area contributed by atoms with Crippen LogP contribution >= 0.6 is 15.9 Å². The minimum atomic E-state index is 0.0685. The zero-order valence-corrected chi connectivity index (χ0v) is 13.3. The average molecular weight is 335 g/mol. The summed E-state index contributed by atoms with van der Waals surface area (Å²) in [5, 5.41) is 0.